The number of carbonyl (C=O) groups is 1. The summed E-state index contributed by atoms with van der Waals surface area (Å²) in [5, 5.41) is 17.3. The molecule has 1 saturated carbocycles. The molecule has 0 atom stereocenters. The molecule has 0 bridgehead atoms. The Bertz CT molecular complexity index is 612. The number of aromatic nitrogens is 3. The Hall–Kier alpha value is -1.91. The van der Waals surface area contributed by atoms with E-state index in [2.05, 4.69) is 17.2 Å². The zero-order chi connectivity index (χ0) is 13.4. The minimum Gasteiger partial charge on any atom is -0.478 e. The zero-order valence-electron chi connectivity index (χ0n) is 10.9. The maximum absolute atomic E-state index is 10.9. The summed E-state index contributed by atoms with van der Waals surface area (Å²) in [5.74, 6) is -0.132. The van der Waals surface area contributed by atoms with Crippen molar-refractivity contribution in [2.24, 2.45) is 5.92 Å². The Morgan fingerprint density at radius 2 is 2.05 bits per heavy atom. The second kappa shape index (κ2) is 4.64. The molecule has 100 valence electrons. The summed E-state index contributed by atoms with van der Waals surface area (Å²) in [6, 6.07) is 5.43. The lowest BCUT2D eigenvalue weighted by Gasteiger charge is -2.26. The molecule has 3 rings (SSSR count). The molecule has 1 aromatic carbocycles. The molecule has 1 aliphatic rings. The minimum absolute atomic E-state index is 0.261. The van der Waals surface area contributed by atoms with Crippen LogP contribution in [0.25, 0.3) is 11.0 Å². The number of hydrogen-bond acceptors (Lipinski definition) is 3. The fraction of sp³-hybridized carbons (Fsp3) is 0.500. The van der Waals surface area contributed by atoms with Gasteiger partial charge in [-0.15, -0.1) is 5.10 Å². The molecule has 0 radical (unpaired) electrons. The van der Waals surface area contributed by atoms with Gasteiger partial charge in [-0.05, 0) is 49.8 Å². The highest BCUT2D eigenvalue weighted by Gasteiger charge is 2.22. The van der Waals surface area contributed by atoms with E-state index >= 15 is 0 Å². The molecule has 1 heterocycles. The normalized spacial score (nSPS) is 23.6. The van der Waals surface area contributed by atoms with Gasteiger partial charge >= 0.3 is 5.97 Å². The number of hydrogen-bond donors (Lipinski definition) is 1. The fourth-order valence-electron chi connectivity index (χ4n) is 2.83. The number of nitrogens with zero attached hydrogens (tertiary/aromatic N) is 3. The van der Waals surface area contributed by atoms with Crippen LogP contribution in [-0.2, 0) is 0 Å². The number of aromatic carboxylic acids is 1. The van der Waals surface area contributed by atoms with E-state index in [-0.39, 0.29) is 5.56 Å². The largest absolute Gasteiger partial charge is 0.478 e. The third-order valence-corrected chi connectivity index (χ3v) is 4.05. The van der Waals surface area contributed by atoms with Gasteiger partial charge in [0.25, 0.3) is 0 Å². The summed E-state index contributed by atoms with van der Waals surface area (Å²) < 4.78 is 1.97. The van der Waals surface area contributed by atoms with Crippen molar-refractivity contribution in [3.8, 4) is 0 Å². The molecule has 0 unspecified atom stereocenters. The second-order valence-electron chi connectivity index (χ2n) is 5.46. The van der Waals surface area contributed by atoms with Crippen molar-refractivity contribution in [1.29, 1.82) is 0 Å². The molecule has 19 heavy (non-hydrogen) atoms. The lowest BCUT2D eigenvalue weighted by molar-refractivity contribution is 0.0697. The van der Waals surface area contributed by atoms with Crippen molar-refractivity contribution in [1.82, 2.24) is 15.0 Å². The highest BCUT2D eigenvalue weighted by molar-refractivity contribution is 5.92. The van der Waals surface area contributed by atoms with Crippen molar-refractivity contribution in [2.45, 2.75) is 38.6 Å². The molecular formula is C14H17N3O2. The molecule has 1 N–H and O–H groups in total. The van der Waals surface area contributed by atoms with Gasteiger partial charge in [-0.25, -0.2) is 9.48 Å². The monoisotopic (exact) mass is 259 g/mol. The van der Waals surface area contributed by atoms with Crippen LogP contribution in [-0.4, -0.2) is 26.1 Å². The summed E-state index contributed by atoms with van der Waals surface area (Å²) in [6.45, 7) is 2.29. The maximum Gasteiger partial charge on any atom is 0.335 e. The van der Waals surface area contributed by atoms with Crippen LogP contribution in [0.1, 0.15) is 49.0 Å². The number of carboxylic acids is 1. The van der Waals surface area contributed by atoms with E-state index in [1.54, 1.807) is 12.1 Å². The first-order chi connectivity index (χ1) is 9.15. The van der Waals surface area contributed by atoms with E-state index in [4.69, 9.17) is 5.11 Å². The van der Waals surface area contributed by atoms with E-state index in [0.717, 1.165) is 24.3 Å². The minimum atomic E-state index is -0.928. The quantitative estimate of drug-likeness (QED) is 0.900. The summed E-state index contributed by atoms with van der Waals surface area (Å²) in [6.07, 6.45) is 4.69. The van der Waals surface area contributed by atoms with E-state index in [9.17, 15) is 4.79 Å². The number of benzene rings is 1. The predicted molar refractivity (Wildman–Crippen MR) is 71.2 cm³/mol. The second-order valence-corrected chi connectivity index (χ2v) is 5.46. The van der Waals surface area contributed by atoms with Crippen LogP contribution in [0.3, 0.4) is 0 Å². The molecule has 0 saturated heterocycles. The third kappa shape index (κ3) is 2.20. The SMILES string of the molecule is CC1CCC(n2nnc3cc(C(=O)O)ccc32)CC1. The molecule has 5 heteroatoms. The highest BCUT2D eigenvalue weighted by Crippen LogP contribution is 2.32. The highest BCUT2D eigenvalue weighted by atomic mass is 16.4. The summed E-state index contributed by atoms with van der Waals surface area (Å²) in [4.78, 5) is 10.9. The summed E-state index contributed by atoms with van der Waals surface area (Å²) >= 11 is 0. The van der Waals surface area contributed by atoms with Crippen LogP contribution in [0.2, 0.25) is 0 Å². The average Bonchev–Trinajstić information content (AvgIpc) is 2.82. The van der Waals surface area contributed by atoms with Crippen LogP contribution in [0, 0.1) is 5.92 Å². The molecule has 5 nitrogen and oxygen atoms in total. The van der Waals surface area contributed by atoms with E-state index < -0.39 is 5.97 Å². The predicted octanol–water partition coefficient (Wildman–Crippen LogP) is 2.88. The van der Waals surface area contributed by atoms with Crippen LogP contribution in [0.4, 0.5) is 0 Å². The van der Waals surface area contributed by atoms with Gasteiger partial charge in [0.2, 0.25) is 0 Å². The number of rotatable bonds is 2. The average molecular weight is 259 g/mol. The lowest BCUT2D eigenvalue weighted by Crippen LogP contribution is -2.17. The summed E-state index contributed by atoms with van der Waals surface area (Å²) in [5.41, 5.74) is 1.86. The molecule has 0 aliphatic heterocycles. The van der Waals surface area contributed by atoms with Gasteiger partial charge in [0, 0.05) is 0 Å². The Balaban J connectivity index is 1.95. The van der Waals surface area contributed by atoms with Gasteiger partial charge in [-0.1, -0.05) is 12.1 Å². The Labute approximate surface area is 111 Å². The fourth-order valence-corrected chi connectivity index (χ4v) is 2.83. The van der Waals surface area contributed by atoms with Crippen molar-refractivity contribution in [3.05, 3.63) is 23.8 Å². The molecule has 1 aromatic heterocycles. The Morgan fingerprint density at radius 3 is 2.74 bits per heavy atom. The van der Waals surface area contributed by atoms with Crippen molar-refractivity contribution in [3.63, 3.8) is 0 Å². The molecule has 1 fully saturated rings. The van der Waals surface area contributed by atoms with Gasteiger partial charge in [0.1, 0.15) is 5.52 Å². The summed E-state index contributed by atoms with van der Waals surface area (Å²) in [7, 11) is 0. The third-order valence-electron chi connectivity index (χ3n) is 4.05. The van der Waals surface area contributed by atoms with E-state index in [1.165, 1.54) is 12.8 Å². The molecule has 0 amide bonds. The first-order valence-electron chi connectivity index (χ1n) is 6.73. The van der Waals surface area contributed by atoms with Crippen LogP contribution >= 0.6 is 0 Å². The van der Waals surface area contributed by atoms with Gasteiger partial charge in [0.05, 0.1) is 17.1 Å². The van der Waals surface area contributed by atoms with Crippen molar-refractivity contribution in [2.75, 3.05) is 0 Å². The molecule has 2 aromatic rings. The van der Waals surface area contributed by atoms with E-state index in [0.29, 0.717) is 11.6 Å². The smallest absolute Gasteiger partial charge is 0.335 e. The first kappa shape index (κ1) is 12.1. The van der Waals surface area contributed by atoms with Gasteiger partial charge in [-0.3, -0.25) is 0 Å². The zero-order valence-corrected chi connectivity index (χ0v) is 10.9. The van der Waals surface area contributed by atoms with Crippen LogP contribution < -0.4 is 0 Å². The maximum atomic E-state index is 10.9. The number of carboxylic acid groups (broad SMARTS) is 1. The Kier molecular flexibility index (Phi) is 2.97. The van der Waals surface area contributed by atoms with Gasteiger partial charge < -0.3 is 5.11 Å². The number of fused-ring (bicyclic) bond motifs is 1. The van der Waals surface area contributed by atoms with E-state index in [1.807, 2.05) is 10.7 Å². The van der Waals surface area contributed by atoms with Gasteiger partial charge in [0.15, 0.2) is 0 Å². The standard InChI is InChI=1S/C14H17N3O2/c1-9-2-5-11(6-3-9)17-13-7-4-10(14(18)19)8-12(13)15-16-17/h4,7-9,11H,2-3,5-6H2,1H3,(H,18,19). The molecular weight excluding hydrogens is 242 g/mol. The molecule has 0 spiro atoms. The van der Waals surface area contributed by atoms with Crippen LogP contribution in [0.5, 0.6) is 0 Å². The van der Waals surface area contributed by atoms with Gasteiger partial charge in [-0.2, -0.15) is 0 Å². The van der Waals surface area contributed by atoms with Crippen molar-refractivity contribution >= 4 is 17.0 Å². The Morgan fingerprint density at radius 1 is 1.32 bits per heavy atom. The van der Waals surface area contributed by atoms with Crippen molar-refractivity contribution < 1.29 is 9.90 Å². The molecule has 1 aliphatic carbocycles. The topological polar surface area (TPSA) is 68.0 Å². The van der Waals surface area contributed by atoms with Crippen LogP contribution in [0.15, 0.2) is 18.2 Å². The first-order valence-corrected chi connectivity index (χ1v) is 6.73. The lowest BCUT2D eigenvalue weighted by atomic mass is 9.87.